The van der Waals surface area contributed by atoms with Gasteiger partial charge in [-0.05, 0) is 35.7 Å². The molecule has 0 aliphatic rings. The second-order valence-corrected chi connectivity index (χ2v) is 4.71. The molecule has 2 N–H and O–H groups in total. The molecule has 0 atom stereocenters. The van der Waals surface area contributed by atoms with Crippen molar-refractivity contribution in [2.75, 3.05) is 5.43 Å². The summed E-state index contributed by atoms with van der Waals surface area (Å²) in [5.41, 5.74) is 5.74. The maximum absolute atomic E-state index is 9.79. The molecule has 19 heavy (non-hydrogen) atoms. The van der Waals surface area contributed by atoms with Crippen molar-refractivity contribution in [2.24, 2.45) is 5.10 Å². The molecule has 0 radical (unpaired) electrons. The highest BCUT2D eigenvalue weighted by Crippen LogP contribution is 2.21. The summed E-state index contributed by atoms with van der Waals surface area (Å²) in [7, 11) is 0. The van der Waals surface area contributed by atoms with E-state index in [4.69, 9.17) is 0 Å². The van der Waals surface area contributed by atoms with Crippen molar-refractivity contribution in [3.63, 3.8) is 0 Å². The Morgan fingerprint density at radius 1 is 1.11 bits per heavy atom. The van der Waals surface area contributed by atoms with E-state index in [1.54, 1.807) is 12.3 Å². The second-order valence-electron chi connectivity index (χ2n) is 4.71. The fourth-order valence-electron chi connectivity index (χ4n) is 1.72. The molecule has 0 aliphatic heterocycles. The first-order chi connectivity index (χ1) is 9.16. The first kappa shape index (κ1) is 13.1. The van der Waals surface area contributed by atoms with Gasteiger partial charge in [-0.25, -0.2) is 0 Å². The summed E-state index contributed by atoms with van der Waals surface area (Å²) in [5, 5.41) is 13.9. The van der Waals surface area contributed by atoms with Crippen molar-refractivity contribution in [1.82, 2.24) is 0 Å². The predicted molar refractivity (Wildman–Crippen MR) is 79.9 cm³/mol. The highest BCUT2D eigenvalue weighted by atomic mass is 16.3. The Labute approximate surface area is 113 Å². The number of benzene rings is 2. The monoisotopic (exact) mass is 254 g/mol. The summed E-state index contributed by atoms with van der Waals surface area (Å²) in [6, 6.07) is 15.3. The van der Waals surface area contributed by atoms with Crippen molar-refractivity contribution in [3.05, 3.63) is 59.7 Å². The quantitative estimate of drug-likeness (QED) is 0.640. The molecular weight excluding hydrogens is 236 g/mol. The number of nitrogens with one attached hydrogen (secondary N) is 1. The van der Waals surface area contributed by atoms with Crippen LogP contribution < -0.4 is 5.43 Å². The number of rotatable bonds is 4. The van der Waals surface area contributed by atoms with Crippen molar-refractivity contribution in [1.29, 1.82) is 0 Å². The molecule has 3 heteroatoms. The third-order valence-electron chi connectivity index (χ3n) is 2.89. The largest absolute Gasteiger partial charge is 0.507 e. The number of para-hydroxylation sites is 1. The van der Waals surface area contributed by atoms with E-state index in [9.17, 15) is 5.11 Å². The lowest BCUT2D eigenvalue weighted by atomic mass is 10.0. The molecule has 0 amide bonds. The second kappa shape index (κ2) is 6.05. The molecular formula is C16H18N2O. The summed E-state index contributed by atoms with van der Waals surface area (Å²) in [5.74, 6) is 0.665. The lowest BCUT2D eigenvalue weighted by molar-refractivity contribution is 0.474. The number of nitrogens with zero attached hydrogens (tertiary/aromatic N) is 1. The maximum Gasteiger partial charge on any atom is 0.124 e. The van der Waals surface area contributed by atoms with Gasteiger partial charge in [0, 0.05) is 5.56 Å². The smallest absolute Gasteiger partial charge is 0.124 e. The Balaban J connectivity index is 2.12. The zero-order valence-corrected chi connectivity index (χ0v) is 11.2. The Bertz CT molecular complexity index is 562. The van der Waals surface area contributed by atoms with E-state index in [2.05, 4.69) is 24.4 Å². The standard InChI is InChI=1S/C16H18N2O/c1-12(2)13-8-9-16(19)14(10-13)11-17-18-15-6-4-3-5-7-15/h3-12,18-19H,1-2H3. The van der Waals surface area contributed by atoms with Crippen LogP contribution in [0, 0.1) is 0 Å². The molecule has 0 saturated carbocycles. The van der Waals surface area contributed by atoms with Crippen LogP contribution in [0.3, 0.4) is 0 Å². The summed E-state index contributed by atoms with van der Waals surface area (Å²) in [6.45, 7) is 4.24. The lowest BCUT2D eigenvalue weighted by Crippen LogP contribution is -1.93. The van der Waals surface area contributed by atoms with Gasteiger partial charge in [-0.1, -0.05) is 38.1 Å². The first-order valence-electron chi connectivity index (χ1n) is 6.34. The van der Waals surface area contributed by atoms with Crippen LogP contribution in [-0.4, -0.2) is 11.3 Å². The van der Waals surface area contributed by atoms with Gasteiger partial charge in [0.2, 0.25) is 0 Å². The van der Waals surface area contributed by atoms with E-state index in [0.29, 0.717) is 5.92 Å². The number of aromatic hydroxyl groups is 1. The molecule has 0 aliphatic carbocycles. The average Bonchev–Trinajstić information content (AvgIpc) is 2.42. The molecule has 0 saturated heterocycles. The van der Waals surface area contributed by atoms with Crippen LogP contribution in [-0.2, 0) is 0 Å². The molecule has 98 valence electrons. The zero-order chi connectivity index (χ0) is 13.7. The van der Waals surface area contributed by atoms with E-state index >= 15 is 0 Å². The van der Waals surface area contributed by atoms with Crippen molar-refractivity contribution >= 4 is 11.9 Å². The summed E-state index contributed by atoms with van der Waals surface area (Å²) in [6.07, 6.45) is 1.63. The molecule has 2 rings (SSSR count). The fourth-order valence-corrected chi connectivity index (χ4v) is 1.72. The molecule has 0 heterocycles. The van der Waals surface area contributed by atoms with Crippen molar-refractivity contribution in [3.8, 4) is 5.75 Å². The molecule has 3 nitrogen and oxygen atoms in total. The molecule has 2 aromatic rings. The van der Waals surface area contributed by atoms with E-state index in [-0.39, 0.29) is 5.75 Å². The molecule has 0 aromatic heterocycles. The van der Waals surface area contributed by atoms with Gasteiger partial charge in [0.15, 0.2) is 0 Å². The van der Waals surface area contributed by atoms with Gasteiger partial charge in [-0.3, -0.25) is 5.43 Å². The van der Waals surface area contributed by atoms with Crippen LogP contribution in [0.4, 0.5) is 5.69 Å². The highest BCUT2D eigenvalue weighted by molar-refractivity contribution is 5.84. The van der Waals surface area contributed by atoms with Gasteiger partial charge in [0.25, 0.3) is 0 Å². The summed E-state index contributed by atoms with van der Waals surface area (Å²) in [4.78, 5) is 0. The molecule has 0 fully saturated rings. The minimum absolute atomic E-state index is 0.239. The van der Waals surface area contributed by atoms with Crippen LogP contribution in [0.2, 0.25) is 0 Å². The Morgan fingerprint density at radius 2 is 1.84 bits per heavy atom. The van der Waals surface area contributed by atoms with E-state index in [0.717, 1.165) is 11.3 Å². The number of phenols is 1. The Kier molecular flexibility index (Phi) is 4.18. The number of phenolic OH excluding ortho intramolecular Hbond substituents is 1. The van der Waals surface area contributed by atoms with Crippen LogP contribution in [0.15, 0.2) is 53.6 Å². The topological polar surface area (TPSA) is 44.6 Å². The maximum atomic E-state index is 9.79. The first-order valence-corrected chi connectivity index (χ1v) is 6.34. The van der Waals surface area contributed by atoms with Gasteiger partial charge in [-0.15, -0.1) is 0 Å². The van der Waals surface area contributed by atoms with Gasteiger partial charge in [0.1, 0.15) is 5.75 Å². The van der Waals surface area contributed by atoms with Gasteiger partial charge in [0.05, 0.1) is 11.9 Å². The molecule has 2 aromatic carbocycles. The highest BCUT2D eigenvalue weighted by Gasteiger charge is 2.03. The van der Waals surface area contributed by atoms with Crippen LogP contribution in [0.5, 0.6) is 5.75 Å². The third kappa shape index (κ3) is 3.58. The van der Waals surface area contributed by atoms with Crippen LogP contribution in [0.1, 0.15) is 30.9 Å². The SMILES string of the molecule is CC(C)c1ccc(O)c(C=NNc2ccccc2)c1. The minimum atomic E-state index is 0.239. The molecule has 0 bridgehead atoms. The Hall–Kier alpha value is -2.29. The fraction of sp³-hybridized carbons (Fsp3) is 0.188. The zero-order valence-electron chi connectivity index (χ0n) is 11.2. The molecule has 0 unspecified atom stereocenters. The Morgan fingerprint density at radius 3 is 2.53 bits per heavy atom. The number of anilines is 1. The van der Waals surface area contributed by atoms with Crippen molar-refractivity contribution < 1.29 is 5.11 Å². The van der Waals surface area contributed by atoms with Gasteiger partial charge in [-0.2, -0.15) is 5.10 Å². The van der Waals surface area contributed by atoms with Crippen LogP contribution in [0.25, 0.3) is 0 Å². The summed E-state index contributed by atoms with van der Waals surface area (Å²) < 4.78 is 0. The van der Waals surface area contributed by atoms with Crippen LogP contribution >= 0.6 is 0 Å². The molecule has 0 spiro atoms. The normalized spacial score (nSPS) is 11.1. The minimum Gasteiger partial charge on any atom is -0.507 e. The number of hydrogen-bond acceptors (Lipinski definition) is 3. The third-order valence-corrected chi connectivity index (χ3v) is 2.89. The lowest BCUT2D eigenvalue weighted by Gasteiger charge is -2.07. The summed E-state index contributed by atoms with van der Waals surface area (Å²) >= 11 is 0. The predicted octanol–water partition coefficient (Wildman–Crippen LogP) is 3.96. The van der Waals surface area contributed by atoms with Gasteiger partial charge >= 0.3 is 0 Å². The van der Waals surface area contributed by atoms with E-state index in [1.165, 1.54) is 5.56 Å². The van der Waals surface area contributed by atoms with Gasteiger partial charge < -0.3 is 5.11 Å². The van der Waals surface area contributed by atoms with E-state index in [1.807, 2.05) is 42.5 Å². The van der Waals surface area contributed by atoms with E-state index < -0.39 is 0 Å². The average molecular weight is 254 g/mol. The van der Waals surface area contributed by atoms with Crippen molar-refractivity contribution in [2.45, 2.75) is 19.8 Å². The number of hydrazone groups is 1. The number of hydrogen-bond donors (Lipinski definition) is 2.